The molecule has 1 aliphatic rings. The van der Waals surface area contributed by atoms with Gasteiger partial charge in [0.25, 0.3) is 0 Å². The minimum absolute atomic E-state index is 0.931. The summed E-state index contributed by atoms with van der Waals surface area (Å²) in [5.41, 5.74) is 0. The summed E-state index contributed by atoms with van der Waals surface area (Å²) in [5.74, 6) is 0. The topological polar surface area (TPSA) is 12.5 Å². The quantitative estimate of drug-likeness (QED) is 0.693. The van der Waals surface area contributed by atoms with E-state index < -0.39 is 0 Å². The zero-order valence-corrected chi connectivity index (χ0v) is 10.2. The Labute approximate surface area is 89.6 Å². The number of unbranched alkanes of at least 4 members (excludes halogenated alkanes) is 2. The lowest BCUT2D eigenvalue weighted by atomic mass is 10.3. The predicted molar refractivity (Wildman–Crippen MR) is 62.7 cm³/mol. The smallest absolute Gasteiger partial charge is 0.0594 e. The molecule has 1 saturated heterocycles. The van der Waals surface area contributed by atoms with Gasteiger partial charge in [0.1, 0.15) is 0 Å². The van der Waals surface area contributed by atoms with Gasteiger partial charge in [0.05, 0.1) is 13.2 Å². The first-order valence-electron chi connectivity index (χ1n) is 6.15. The number of morpholine rings is 1. The molecule has 0 bridgehead atoms. The summed E-state index contributed by atoms with van der Waals surface area (Å²) in [6.45, 7) is 12.0. The van der Waals surface area contributed by atoms with Gasteiger partial charge >= 0.3 is 0 Å². The zero-order valence-electron chi connectivity index (χ0n) is 10.2. The van der Waals surface area contributed by atoms with Crippen LogP contribution in [0.5, 0.6) is 0 Å². The summed E-state index contributed by atoms with van der Waals surface area (Å²) < 4.78 is 5.20. The SMILES string of the molecule is CCCCC.CCCN1CCOCC1. The molecule has 0 atom stereocenters. The Morgan fingerprint density at radius 3 is 1.86 bits per heavy atom. The normalized spacial score (nSPS) is 17.4. The van der Waals surface area contributed by atoms with Crippen LogP contribution in [-0.4, -0.2) is 37.7 Å². The fourth-order valence-corrected chi connectivity index (χ4v) is 1.49. The summed E-state index contributed by atoms with van der Waals surface area (Å²) in [6, 6.07) is 0. The predicted octanol–water partition coefficient (Wildman–Crippen LogP) is 2.93. The molecule has 86 valence electrons. The highest BCUT2D eigenvalue weighted by molar-refractivity contribution is 4.59. The van der Waals surface area contributed by atoms with Crippen molar-refractivity contribution in [2.24, 2.45) is 0 Å². The first kappa shape index (κ1) is 13.9. The fraction of sp³-hybridized carbons (Fsp3) is 1.00. The van der Waals surface area contributed by atoms with E-state index in [1.54, 1.807) is 0 Å². The van der Waals surface area contributed by atoms with Crippen molar-refractivity contribution < 1.29 is 4.74 Å². The highest BCUT2D eigenvalue weighted by Gasteiger charge is 2.07. The third-order valence-corrected chi connectivity index (χ3v) is 2.35. The molecule has 0 saturated carbocycles. The van der Waals surface area contributed by atoms with Gasteiger partial charge in [-0.2, -0.15) is 0 Å². The molecule has 0 radical (unpaired) electrons. The van der Waals surface area contributed by atoms with Crippen molar-refractivity contribution in [2.75, 3.05) is 32.8 Å². The number of ether oxygens (including phenoxy) is 1. The summed E-state index contributed by atoms with van der Waals surface area (Å²) in [5, 5.41) is 0. The molecule has 0 unspecified atom stereocenters. The number of rotatable bonds is 4. The molecule has 2 heteroatoms. The maximum atomic E-state index is 5.20. The van der Waals surface area contributed by atoms with Crippen LogP contribution in [0.3, 0.4) is 0 Å². The van der Waals surface area contributed by atoms with Gasteiger partial charge in [0, 0.05) is 13.1 Å². The summed E-state index contributed by atoms with van der Waals surface area (Å²) in [7, 11) is 0. The number of hydrogen-bond donors (Lipinski definition) is 0. The Morgan fingerprint density at radius 1 is 0.929 bits per heavy atom. The van der Waals surface area contributed by atoms with Crippen LogP contribution in [-0.2, 0) is 4.74 Å². The third kappa shape index (κ3) is 8.52. The third-order valence-electron chi connectivity index (χ3n) is 2.35. The Hall–Kier alpha value is -0.0800. The molecular formula is C12H27NO. The Kier molecular flexibility index (Phi) is 10.9. The average molecular weight is 201 g/mol. The molecule has 0 amide bonds. The largest absolute Gasteiger partial charge is 0.379 e. The van der Waals surface area contributed by atoms with Crippen molar-refractivity contribution in [3.05, 3.63) is 0 Å². The van der Waals surface area contributed by atoms with Crippen LogP contribution >= 0.6 is 0 Å². The average Bonchev–Trinajstić information content (AvgIpc) is 2.22. The highest BCUT2D eigenvalue weighted by Crippen LogP contribution is 1.96. The zero-order chi connectivity index (χ0) is 10.6. The van der Waals surface area contributed by atoms with Crippen molar-refractivity contribution in [1.29, 1.82) is 0 Å². The van der Waals surface area contributed by atoms with Crippen molar-refractivity contribution >= 4 is 0 Å². The van der Waals surface area contributed by atoms with Gasteiger partial charge in [0.2, 0.25) is 0 Å². The molecule has 0 aromatic carbocycles. The molecule has 1 rings (SSSR count). The van der Waals surface area contributed by atoms with Crippen molar-refractivity contribution in [1.82, 2.24) is 4.90 Å². The van der Waals surface area contributed by atoms with Crippen LogP contribution in [0, 0.1) is 0 Å². The van der Waals surface area contributed by atoms with E-state index in [1.807, 2.05) is 0 Å². The molecule has 0 aliphatic carbocycles. The summed E-state index contributed by atoms with van der Waals surface area (Å²) in [6.07, 6.45) is 5.34. The lowest BCUT2D eigenvalue weighted by molar-refractivity contribution is 0.0380. The van der Waals surface area contributed by atoms with Gasteiger partial charge in [-0.1, -0.05) is 40.0 Å². The van der Waals surface area contributed by atoms with Gasteiger partial charge in [0.15, 0.2) is 0 Å². The van der Waals surface area contributed by atoms with Gasteiger partial charge in [-0.05, 0) is 13.0 Å². The first-order chi connectivity index (χ1) is 6.85. The summed E-state index contributed by atoms with van der Waals surface area (Å²) in [4.78, 5) is 2.45. The van der Waals surface area contributed by atoms with Gasteiger partial charge < -0.3 is 4.74 Å². The molecule has 0 spiro atoms. The van der Waals surface area contributed by atoms with Gasteiger partial charge in [-0.3, -0.25) is 4.90 Å². The number of hydrogen-bond acceptors (Lipinski definition) is 2. The Bertz CT molecular complexity index is 95.7. The Morgan fingerprint density at radius 2 is 1.50 bits per heavy atom. The lowest BCUT2D eigenvalue weighted by Crippen LogP contribution is -2.36. The van der Waals surface area contributed by atoms with Crippen molar-refractivity contribution in [3.8, 4) is 0 Å². The molecular weight excluding hydrogens is 174 g/mol. The monoisotopic (exact) mass is 201 g/mol. The van der Waals surface area contributed by atoms with Crippen LogP contribution in [0.2, 0.25) is 0 Å². The van der Waals surface area contributed by atoms with Crippen LogP contribution in [0.1, 0.15) is 46.5 Å². The van der Waals surface area contributed by atoms with E-state index in [0.717, 1.165) is 26.3 Å². The maximum absolute atomic E-state index is 5.20. The standard InChI is InChI=1S/C7H15NO.C5H12/c1-2-3-8-4-6-9-7-5-8;1-3-5-4-2/h2-7H2,1H3;3-5H2,1-2H3. The molecule has 1 fully saturated rings. The Balaban J connectivity index is 0.000000292. The van der Waals surface area contributed by atoms with Crippen LogP contribution in [0.25, 0.3) is 0 Å². The van der Waals surface area contributed by atoms with Crippen molar-refractivity contribution in [3.63, 3.8) is 0 Å². The van der Waals surface area contributed by atoms with E-state index in [0.29, 0.717) is 0 Å². The highest BCUT2D eigenvalue weighted by atomic mass is 16.5. The second-order valence-electron chi connectivity index (χ2n) is 3.81. The molecule has 0 aromatic heterocycles. The molecule has 1 aliphatic heterocycles. The molecule has 1 heterocycles. The molecule has 14 heavy (non-hydrogen) atoms. The van der Waals surface area contributed by atoms with Crippen molar-refractivity contribution in [2.45, 2.75) is 46.5 Å². The van der Waals surface area contributed by atoms with Gasteiger partial charge in [-0.15, -0.1) is 0 Å². The number of nitrogens with zero attached hydrogens (tertiary/aromatic N) is 1. The first-order valence-corrected chi connectivity index (χ1v) is 6.15. The fourth-order valence-electron chi connectivity index (χ4n) is 1.49. The van der Waals surface area contributed by atoms with Crippen LogP contribution in [0.15, 0.2) is 0 Å². The minimum Gasteiger partial charge on any atom is -0.379 e. The summed E-state index contributed by atoms with van der Waals surface area (Å²) >= 11 is 0. The van der Waals surface area contributed by atoms with E-state index in [9.17, 15) is 0 Å². The van der Waals surface area contributed by atoms with E-state index >= 15 is 0 Å². The maximum Gasteiger partial charge on any atom is 0.0594 e. The van der Waals surface area contributed by atoms with Gasteiger partial charge in [-0.25, -0.2) is 0 Å². The van der Waals surface area contributed by atoms with Crippen LogP contribution < -0.4 is 0 Å². The van der Waals surface area contributed by atoms with E-state index in [-0.39, 0.29) is 0 Å². The van der Waals surface area contributed by atoms with Crippen LogP contribution in [0.4, 0.5) is 0 Å². The minimum atomic E-state index is 0.931. The molecule has 2 nitrogen and oxygen atoms in total. The van der Waals surface area contributed by atoms with E-state index in [4.69, 9.17) is 4.74 Å². The second kappa shape index (κ2) is 11.0. The van der Waals surface area contributed by atoms with E-state index in [1.165, 1.54) is 32.2 Å². The molecule has 0 aromatic rings. The molecule has 0 N–H and O–H groups in total. The lowest BCUT2D eigenvalue weighted by Gasteiger charge is -2.25. The van der Waals surface area contributed by atoms with E-state index in [2.05, 4.69) is 25.7 Å². The second-order valence-corrected chi connectivity index (χ2v) is 3.81.